The van der Waals surface area contributed by atoms with Crippen LogP contribution >= 0.6 is 0 Å². The number of rotatable bonds is 2. The van der Waals surface area contributed by atoms with Crippen molar-refractivity contribution in [2.24, 2.45) is 0 Å². The first-order valence-electron chi connectivity index (χ1n) is 3.97. The lowest BCUT2D eigenvalue weighted by Crippen LogP contribution is -2.27. The van der Waals surface area contributed by atoms with Crippen molar-refractivity contribution in [2.75, 3.05) is 13.1 Å². The van der Waals surface area contributed by atoms with E-state index in [0.29, 0.717) is 19.5 Å². The van der Waals surface area contributed by atoms with E-state index in [0.717, 1.165) is 12.2 Å². The lowest BCUT2D eigenvalue weighted by atomic mass is 10.3. The number of hydrogen-bond acceptors (Lipinski definition) is 3. The molecule has 1 rings (SSSR count). The molecule has 5 heteroatoms. The lowest BCUT2D eigenvalue weighted by Gasteiger charge is -2.11. The van der Waals surface area contributed by atoms with Gasteiger partial charge in [0.2, 0.25) is 5.91 Å². The van der Waals surface area contributed by atoms with E-state index < -0.39 is 12.1 Å². The van der Waals surface area contributed by atoms with E-state index in [1.165, 1.54) is 4.90 Å². The molecule has 0 unspecified atom stereocenters. The number of β-amino-alcohol motifs (C(OH)–C–C–N with tert-alkyl or cyclic N) is 1. The Morgan fingerprint density at radius 1 is 1.38 bits per heavy atom. The second-order valence-corrected chi connectivity index (χ2v) is 2.90. The number of carboxylic acid groups (broad SMARTS) is 1. The average molecular weight is 185 g/mol. The van der Waals surface area contributed by atoms with Gasteiger partial charge in [-0.3, -0.25) is 4.79 Å². The summed E-state index contributed by atoms with van der Waals surface area (Å²) in [5, 5.41) is 17.3. The van der Waals surface area contributed by atoms with E-state index in [4.69, 9.17) is 10.2 Å². The fraction of sp³-hybridized carbons (Fsp3) is 0.500. The molecule has 0 aromatic heterocycles. The van der Waals surface area contributed by atoms with Gasteiger partial charge in [0.15, 0.2) is 0 Å². The Bertz CT molecular complexity index is 249. The minimum Gasteiger partial charge on any atom is -0.478 e. The molecule has 1 aliphatic heterocycles. The number of hydrogen-bond donors (Lipinski definition) is 2. The second kappa shape index (κ2) is 4.04. The molecule has 5 nitrogen and oxygen atoms in total. The highest BCUT2D eigenvalue weighted by molar-refractivity contribution is 5.94. The SMILES string of the molecule is O=C(O)/C=C/C(=O)N1CC[C@@H](O)C1. The Kier molecular flexibility index (Phi) is 3.02. The summed E-state index contributed by atoms with van der Waals surface area (Å²) in [4.78, 5) is 22.7. The molecule has 0 saturated carbocycles. The highest BCUT2D eigenvalue weighted by atomic mass is 16.4. The average Bonchev–Trinajstić information content (AvgIpc) is 2.47. The third-order valence-corrected chi connectivity index (χ3v) is 1.84. The van der Waals surface area contributed by atoms with Gasteiger partial charge in [0.05, 0.1) is 6.10 Å². The summed E-state index contributed by atoms with van der Waals surface area (Å²) in [6.45, 7) is 0.784. The molecule has 1 amide bonds. The van der Waals surface area contributed by atoms with Crippen molar-refractivity contribution >= 4 is 11.9 Å². The molecule has 0 aromatic rings. The number of carboxylic acids is 1. The maximum Gasteiger partial charge on any atom is 0.328 e. The van der Waals surface area contributed by atoms with Gasteiger partial charge >= 0.3 is 5.97 Å². The highest BCUT2D eigenvalue weighted by Gasteiger charge is 2.22. The van der Waals surface area contributed by atoms with Gasteiger partial charge in [0, 0.05) is 25.2 Å². The summed E-state index contributed by atoms with van der Waals surface area (Å²) in [6.07, 6.45) is 1.89. The number of aliphatic hydroxyl groups is 1. The predicted molar refractivity (Wildman–Crippen MR) is 44.0 cm³/mol. The quantitative estimate of drug-likeness (QED) is 0.553. The maximum absolute atomic E-state index is 11.2. The molecular weight excluding hydrogens is 174 g/mol. The Morgan fingerprint density at radius 3 is 2.54 bits per heavy atom. The van der Waals surface area contributed by atoms with Gasteiger partial charge in [0.1, 0.15) is 0 Å². The monoisotopic (exact) mass is 185 g/mol. The molecule has 0 spiro atoms. The van der Waals surface area contributed by atoms with Crippen LogP contribution in [0.2, 0.25) is 0 Å². The zero-order valence-electron chi connectivity index (χ0n) is 7.01. The first-order valence-corrected chi connectivity index (χ1v) is 3.97. The van der Waals surface area contributed by atoms with Gasteiger partial charge in [0.25, 0.3) is 0 Å². The van der Waals surface area contributed by atoms with Crippen molar-refractivity contribution in [3.63, 3.8) is 0 Å². The highest BCUT2D eigenvalue weighted by Crippen LogP contribution is 2.08. The van der Waals surface area contributed by atoms with Crippen molar-refractivity contribution in [1.29, 1.82) is 0 Å². The number of carbonyl (C=O) groups is 2. The predicted octanol–water partition coefficient (Wildman–Crippen LogP) is -0.780. The molecule has 1 atom stereocenters. The molecule has 2 N–H and O–H groups in total. The summed E-state index contributed by atoms with van der Waals surface area (Å²) >= 11 is 0. The van der Waals surface area contributed by atoms with Gasteiger partial charge in [-0.05, 0) is 6.42 Å². The van der Waals surface area contributed by atoms with Crippen LogP contribution < -0.4 is 0 Å². The van der Waals surface area contributed by atoms with Crippen LogP contribution in [0.3, 0.4) is 0 Å². The van der Waals surface area contributed by atoms with Crippen LogP contribution in [-0.2, 0) is 9.59 Å². The maximum atomic E-state index is 11.2. The second-order valence-electron chi connectivity index (χ2n) is 2.90. The Hall–Kier alpha value is -1.36. The van der Waals surface area contributed by atoms with Crippen LogP contribution in [0.15, 0.2) is 12.2 Å². The zero-order chi connectivity index (χ0) is 9.84. The molecule has 72 valence electrons. The third kappa shape index (κ3) is 2.87. The van der Waals surface area contributed by atoms with Gasteiger partial charge in [-0.1, -0.05) is 0 Å². The van der Waals surface area contributed by atoms with Crippen LogP contribution in [-0.4, -0.2) is 46.2 Å². The van der Waals surface area contributed by atoms with E-state index in [-0.39, 0.29) is 5.91 Å². The minimum absolute atomic E-state index is 0.294. The molecule has 0 aliphatic carbocycles. The van der Waals surface area contributed by atoms with Gasteiger partial charge < -0.3 is 15.1 Å². The van der Waals surface area contributed by atoms with Crippen LogP contribution in [0, 0.1) is 0 Å². The smallest absolute Gasteiger partial charge is 0.328 e. The molecule has 0 aromatic carbocycles. The van der Waals surface area contributed by atoms with Gasteiger partial charge in [-0.15, -0.1) is 0 Å². The van der Waals surface area contributed by atoms with E-state index in [1.807, 2.05) is 0 Å². The summed E-state index contributed by atoms with van der Waals surface area (Å²) in [7, 11) is 0. The fourth-order valence-corrected chi connectivity index (χ4v) is 1.19. The van der Waals surface area contributed by atoms with Crippen molar-refractivity contribution in [2.45, 2.75) is 12.5 Å². The first kappa shape index (κ1) is 9.73. The van der Waals surface area contributed by atoms with Gasteiger partial charge in [-0.2, -0.15) is 0 Å². The van der Waals surface area contributed by atoms with Crippen LogP contribution in [0.5, 0.6) is 0 Å². The van der Waals surface area contributed by atoms with Gasteiger partial charge in [-0.25, -0.2) is 4.79 Å². The molecule has 13 heavy (non-hydrogen) atoms. The topological polar surface area (TPSA) is 77.8 Å². The Morgan fingerprint density at radius 2 is 2.08 bits per heavy atom. The van der Waals surface area contributed by atoms with E-state index in [1.54, 1.807) is 0 Å². The summed E-state index contributed by atoms with van der Waals surface area (Å²) < 4.78 is 0. The van der Waals surface area contributed by atoms with Crippen LogP contribution in [0.1, 0.15) is 6.42 Å². The number of likely N-dealkylation sites (tertiary alicyclic amines) is 1. The van der Waals surface area contributed by atoms with Crippen LogP contribution in [0.25, 0.3) is 0 Å². The number of aliphatic hydroxyl groups excluding tert-OH is 1. The summed E-state index contributed by atoms with van der Waals surface area (Å²) in [5.41, 5.74) is 0. The standard InChI is InChI=1S/C8H11NO4/c10-6-3-4-9(5-6)7(11)1-2-8(12)13/h1-2,6,10H,3-5H2,(H,12,13)/b2-1+/t6-/m1/s1. The van der Waals surface area contributed by atoms with E-state index in [2.05, 4.69) is 0 Å². The molecule has 1 aliphatic rings. The number of nitrogens with zero attached hydrogens (tertiary/aromatic N) is 1. The molecule has 1 saturated heterocycles. The Labute approximate surface area is 75.3 Å². The zero-order valence-corrected chi connectivity index (χ0v) is 7.01. The van der Waals surface area contributed by atoms with Crippen molar-refractivity contribution in [1.82, 2.24) is 4.90 Å². The summed E-state index contributed by atoms with van der Waals surface area (Å²) in [5.74, 6) is -1.51. The third-order valence-electron chi connectivity index (χ3n) is 1.84. The van der Waals surface area contributed by atoms with Crippen molar-refractivity contribution in [3.8, 4) is 0 Å². The van der Waals surface area contributed by atoms with Crippen LogP contribution in [0.4, 0.5) is 0 Å². The van der Waals surface area contributed by atoms with E-state index >= 15 is 0 Å². The molecule has 0 radical (unpaired) electrons. The Balaban J connectivity index is 2.44. The van der Waals surface area contributed by atoms with E-state index in [9.17, 15) is 9.59 Å². The molecule has 1 heterocycles. The number of carbonyl (C=O) groups excluding carboxylic acids is 1. The molecule has 0 bridgehead atoms. The molecular formula is C8H11NO4. The number of aliphatic carboxylic acids is 1. The summed E-state index contributed by atoms with van der Waals surface area (Å²) in [6, 6.07) is 0. The minimum atomic E-state index is -1.15. The fourth-order valence-electron chi connectivity index (χ4n) is 1.19. The number of amides is 1. The van der Waals surface area contributed by atoms with Crippen molar-refractivity contribution < 1.29 is 19.8 Å². The normalized spacial score (nSPS) is 22.5. The lowest BCUT2D eigenvalue weighted by molar-refractivity contribution is -0.132. The van der Waals surface area contributed by atoms with Crippen molar-refractivity contribution in [3.05, 3.63) is 12.2 Å². The largest absolute Gasteiger partial charge is 0.478 e. The first-order chi connectivity index (χ1) is 6.09. The molecule has 1 fully saturated rings.